The molecule has 2 aliphatic rings. The molecule has 1 aromatic carbocycles. The fourth-order valence-electron chi connectivity index (χ4n) is 3.49. The molecule has 128 valence electrons. The summed E-state index contributed by atoms with van der Waals surface area (Å²) in [6.07, 6.45) is 2.19. The summed E-state index contributed by atoms with van der Waals surface area (Å²) in [6.45, 7) is 6.53. The molecule has 0 fully saturated rings. The van der Waals surface area contributed by atoms with Gasteiger partial charge in [0.25, 0.3) is 0 Å². The van der Waals surface area contributed by atoms with Gasteiger partial charge in [-0.2, -0.15) is 0 Å². The van der Waals surface area contributed by atoms with Crippen LogP contribution in [0, 0.1) is 0 Å². The van der Waals surface area contributed by atoms with Gasteiger partial charge in [-0.25, -0.2) is 0 Å². The van der Waals surface area contributed by atoms with Gasteiger partial charge >= 0.3 is 0 Å². The molecule has 24 heavy (non-hydrogen) atoms. The summed E-state index contributed by atoms with van der Waals surface area (Å²) >= 11 is 1.85. The van der Waals surface area contributed by atoms with E-state index in [0.29, 0.717) is 12.7 Å². The average Bonchev–Trinajstić information content (AvgIpc) is 3.29. The van der Waals surface area contributed by atoms with E-state index in [1.165, 1.54) is 10.4 Å². The van der Waals surface area contributed by atoms with Gasteiger partial charge in [-0.15, -0.1) is 11.3 Å². The topological polar surface area (TPSA) is 30.9 Å². The second-order valence-electron chi connectivity index (χ2n) is 6.27. The Labute approximate surface area is 147 Å². The molecular formula is C19H23NO3S. The fraction of sp³-hybridized carbons (Fsp3) is 0.474. The van der Waals surface area contributed by atoms with Crippen molar-refractivity contribution in [3.63, 3.8) is 0 Å². The predicted molar refractivity (Wildman–Crippen MR) is 95.6 cm³/mol. The zero-order valence-electron chi connectivity index (χ0n) is 14.0. The molecule has 0 amide bonds. The average molecular weight is 345 g/mol. The molecule has 0 spiro atoms. The standard InChI is InChI=1S/C19H23NO3S/c1-2-20(9-7-15-4-3-11-24-15)12-14-8-10-21-18-16(14)5-6-17-19(18)23-13-22-17/h3-6,11,14H,2,7-10,12-13H2,1H3. The lowest BCUT2D eigenvalue weighted by Gasteiger charge is -2.31. The molecule has 3 heterocycles. The minimum atomic E-state index is 0.293. The summed E-state index contributed by atoms with van der Waals surface area (Å²) in [4.78, 5) is 4.01. The first-order valence-corrected chi connectivity index (χ1v) is 9.53. The maximum absolute atomic E-state index is 5.91. The van der Waals surface area contributed by atoms with Crippen molar-refractivity contribution in [2.45, 2.75) is 25.7 Å². The second-order valence-corrected chi connectivity index (χ2v) is 7.31. The van der Waals surface area contributed by atoms with Crippen LogP contribution in [0.3, 0.4) is 0 Å². The molecule has 0 aliphatic carbocycles. The molecule has 0 saturated heterocycles. The summed E-state index contributed by atoms with van der Waals surface area (Å²) in [6, 6.07) is 8.53. The number of thiophene rings is 1. The summed E-state index contributed by atoms with van der Waals surface area (Å²) in [7, 11) is 0. The van der Waals surface area contributed by atoms with Gasteiger partial charge in [0.2, 0.25) is 12.5 Å². The van der Waals surface area contributed by atoms with E-state index in [2.05, 4.69) is 35.4 Å². The smallest absolute Gasteiger partial charge is 0.231 e. The second kappa shape index (κ2) is 7.03. The van der Waals surface area contributed by atoms with Gasteiger partial charge in [-0.1, -0.05) is 19.1 Å². The van der Waals surface area contributed by atoms with Crippen molar-refractivity contribution in [2.24, 2.45) is 0 Å². The Morgan fingerprint density at radius 1 is 1.17 bits per heavy atom. The first kappa shape index (κ1) is 15.8. The van der Waals surface area contributed by atoms with Gasteiger partial charge in [0.15, 0.2) is 11.5 Å². The third kappa shape index (κ3) is 3.10. The number of hydrogen-bond donors (Lipinski definition) is 0. The van der Waals surface area contributed by atoms with Gasteiger partial charge in [0.1, 0.15) is 0 Å². The highest BCUT2D eigenvalue weighted by molar-refractivity contribution is 7.09. The van der Waals surface area contributed by atoms with Crippen LogP contribution in [0.15, 0.2) is 29.6 Å². The molecule has 0 radical (unpaired) electrons. The molecule has 0 N–H and O–H groups in total. The van der Waals surface area contributed by atoms with E-state index in [9.17, 15) is 0 Å². The van der Waals surface area contributed by atoms with E-state index in [1.54, 1.807) is 0 Å². The first-order chi connectivity index (χ1) is 11.8. The minimum Gasteiger partial charge on any atom is -0.489 e. The lowest BCUT2D eigenvalue weighted by Crippen LogP contribution is -2.32. The van der Waals surface area contributed by atoms with Crippen LogP contribution in [0.1, 0.15) is 29.7 Å². The molecule has 1 atom stereocenters. The number of ether oxygens (including phenoxy) is 3. The Bertz CT molecular complexity index is 686. The van der Waals surface area contributed by atoms with Crippen LogP contribution in [-0.2, 0) is 6.42 Å². The molecule has 0 saturated carbocycles. The van der Waals surface area contributed by atoms with Gasteiger partial charge in [0, 0.05) is 29.4 Å². The van der Waals surface area contributed by atoms with E-state index in [0.717, 1.165) is 56.3 Å². The van der Waals surface area contributed by atoms with Gasteiger partial charge < -0.3 is 19.1 Å². The van der Waals surface area contributed by atoms with E-state index in [4.69, 9.17) is 14.2 Å². The minimum absolute atomic E-state index is 0.293. The van der Waals surface area contributed by atoms with Crippen molar-refractivity contribution in [1.82, 2.24) is 4.90 Å². The summed E-state index contributed by atoms with van der Waals surface area (Å²) in [5, 5.41) is 2.16. The number of hydrogen-bond acceptors (Lipinski definition) is 5. The zero-order valence-corrected chi connectivity index (χ0v) is 14.8. The monoisotopic (exact) mass is 345 g/mol. The SMILES string of the molecule is CCN(CCc1cccs1)CC1CCOc2c1ccc1c2OCO1. The quantitative estimate of drug-likeness (QED) is 0.794. The Morgan fingerprint density at radius 3 is 2.96 bits per heavy atom. The fourth-order valence-corrected chi connectivity index (χ4v) is 4.19. The third-order valence-electron chi connectivity index (χ3n) is 4.86. The molecule has 1 unspecified atom stereocenters. The van der Waals surface area contributed by atoms with Crippen LogP contribution >= 0.6 is 11.3 Å². The maximum atomic E-state index is 5.91. The van der Waals surface area contributed by atoms with E-state index < -0.39 is 0 Å². The Hall–Kier alpha value is -1.72. The largest absolute Gasteiger partial charge is 0.489 e. The summed E-state index contributed by atoms with van der Waals surface area (Å²) < 4.78 is 17.0. The number of rotatable bonds is 6. The van der Waals surface area contributed by atoms with E-state index >= 15 is 0 Å². The van der Waals surface area contributed by atoms with Crippen molar-refractivity contribution in [3.8, 4) is 17.2 Å². The molecular weight excluding hydrogens is 322 g/mol. The van der Waals surface area contributed by atoms with E-state index in [-0.39, 0.29) is 0 Å². The van der Waals surface area contributed by atoms with E-state index in [1.807, 2.05) is 17.4 Å². The molecule has 5 heteroatoms. The van der Waals surface area contributed by atoms with Crippen molar-refractivity contribution < 1.29 is 14.2 Å². The van der Waals surface area contributed by atoms with Crippen LogP contribution in [0.4, 0.5) is 0 Å². The van der Waals surface area contributed by atoms with Crippen molar-refractivity contribution in [2.75, 3.05) is 33.0 Å². The lowest BCUT2D eigenvalue weighted by atomic mass is 9.92. The first-order valence-electron chi connectivity index (χ1n) is 8.65. The molecule has 2 aliphatic heterocycles. The highest BCUT2D eigenvalue weighted by Gasteiger charge is 2.30. The Balaban J connectivity index is 1.47. The summed E-state index contributed by atoms with van der Waals surface area (Å²) in [5.41, 5.74) is 1.26. The van der Waals surface area contributed by atoms with Crippen LogP contribution in [0.5, 0.6) is 17.2 Å². The molecule has 0 bridgehead atoms. The normalized spacial score (nSPS) is 18.5. The molecule has 4 nitrogen and oxygen atoms in total. The molecule has 2 aromatic rings. The maximum Gasteiger partial charge on any atom is 0.231 e. The van der Waals surface area contributed by atoms with Gasteiger partial charge in [0.05, 0.1) is 6.61 Å². The van der Waals surface area contributed by atoms with Crippen LogP contribution in [0.25, 0.3) is 0 Å². The Kier molecular flexibility index (Phi) is 4.63. The van der Waals surface area contributed by atoms with Crippen LogP contribution < -0.4 is 14.2 Å². The molecule has 1 aromatic heterocycles. The molecule has 4 rings (SSSR count). The van der Waals surface area contributed by atoms with Gasteiger partial charge in [-0.05, 0) is 36.9 Å². The number of benzene rings is 1. The third-order valence-corrected chi connectivity index (χ3v) is 5.79. The number of likely N-dealkylation sites (N-methyl/N-ethyl adjacent to an activating group) is 1. The highest BCUT2D eigenvalue weighted by Crippen LogP contribution is 2.48. The highest BCUT2D eigenvalue weighted by atomic mass is 32.1. The van der Waals surface area contributed by atoms with Gasteiger partial charge in [-0.3, -0.25) is 0 Å². The predicted octanol–water partition coefficient (Wildman–Crippen LogP) is 3.91. The van der Waals surface area contributed by atoms with Crippen LogP contribution in [-0.4, -0.2) is 37.9 Å². The van der Waals surface area contributed by atoms with Crippen molar-refractivity contribution >= 4 is 11.3 Å². The lowest BCUT2D eigenvalue weighted by molar-refractivity contribution is 0.166. The number of nitrogens with zero attached hydrogens (tertiary/aromatic N) is 1. The van der Waals surface area contributed by atoms with Crippen molar-refractivity contribution in [3.05, 3.63) is 40.1 Å². The Morgan fingerprint density at radius 2 is 2.12 bits per heavy atom. The number of fused-ring (bicyclic) bond motifs is 3. The van der Waals surface area contributed by atoms with Crippen molar-refractivity contribution in [1.29, 1.82) is 0 Å². The van der Waals surface area contributed by atoms with Crippen LogP contribution in [0.2, 0.25) is 0 Å². The summed E-state index contributed by atoms with van der Waals surface area (Å²) in [5.74, 6) is 2.99. The zero-order chi connectivity index (χ0) is 16.4.